The number of esters is 2. The van der Waals surface area contributed by atoms with E-state index < -0.39 is 11.4 Å². The summed E-state index contributed by atoms with van der Waals surface area (Å²) in [6, 6.07) is 12.2. The van der Waals surface area contributed by atoms with Crippen LogP contribution in [0.15, 0.2) is 48.8 Å². The zero-order valence-corrected chi connectivity index (χ0v) is 31.8. The Balaban J connectivity index is 0.000000307. The fourth-order valence-electron chi connectivity index (χ4n) is 6.40. The second kappa shape index (κ2) is 23.1. The minimum Gasteiger partial charge on any atom is -0.497 e. The molecule has 0 atom stereocenters. The molecule has 3 saturated carbocycles. The van der Waals surface area contributed by atoms with E-state index in [2.05, 4.69) is 37.0 Å². The molecule has 0 unspecified atom stereocenters. The van der Waals surface area contributed by atoms with Crippen LogP contribution in [0, 0.1) is 16.2 Å². The summed E-state index contributed by atoms with van der Waals surface area (Å²) in [7, 11) is 4.62. The van der Waals surface area contributed by atoms with Gasteiger partial charge < -0.3 is 19.3 Å². The Bertz CT molecular complexity index is 1170. The van der Waals surface area contributed by atoms with Crippen LogP contribution in [0.4, 0.5) is 0 Å². The summed E-state index contributed by atoms with van der Waals surface area (Å²) in [5.74, 6) is 0.242. The number of benzene rings is 1. The van der Waals surface area contributed by atoms with Gasteiger partial charge in [-0.3, -0.25) is 19.4 Å². The highest BCUT2D eigenvalue weighted by atomic mass is 16.5. The maximum atomic E-state index is 11.3. The molecule has 3 aliphatic rings. The molecule has 8 nitrogen and oxygen atoms in total. The third-order valence-electron chi connectivity index (χ3n) is 10.2. The van der Waals surface area contributed by atoms with E-state index >= 15 is 0 Å². The predicted molar refractivity (Wildman–Crippen MR) is 197 cm³/mol. The lowest BCUT2D eigenvalue weighted by molar-refractivity contribution is -0.153. The van der Waals surface area contributed by atoms with Gasteiger partial charge in [0, 0.05) is 12.4 Å². The Kier molecular flexibility index (Phi) is 20.5. The van der Waals surface area contributed by atoms with Crippen LogP contribution in [0.3, 0.4) is 0 Å². The number of aryl methyl sites for hydroxylation is 2. The van der Waals surface area contributed by atoms with Crippen LogP contribution in [0.5, 0.6) is 5.75 Å². The molecule has 0 spiro atoms. The van der Waals surface area contributed by atoms with Crippen LogP contribution in [0.2, 0.25) is 0 Å². The van der Waals surface area contributed by atoms with Gasteiger partial charge in [-0.05, 0) is 101 Å². The van der Waals surface area contributed by atoms with Gasteiger partial charge in [-0.25, -0.2) is 0 Å². The van der Waals surface area contributed by atoms with Crippen LogP contribution >= 0.6 is 0 Å². The molecule has 2 aromatic rings. The van der Waals surface area contributed by atoms with Crippen molar-refractivity contribution < 1.29 is 33.7 Å². The van der Waals surface area contributed by atoms with Crippen LogP contribution in [-0.4, -0.2) is 49.3 Å². The Morgan fingerprint density at radius 2 is 1.04 bits per heavy atom. The van der Waals surface area contributed by atoms with Crippen molar-refractivity contribution in [3.8, 4) is 5.75 Å². The molecule has 5 rings (SSSR count). The lowest BCUT2D eigenvalue weighted by Gasteiger charge is -2.30. The van der Waals surface area contributed by atoms with Gasteiger partial charge in [0.25, 0.3) is 0 Å². The van der Waals surface area contributed by atoms with Crippen molar-refractivity contribution in [3.63, 3.8) is 0 Å². The number of carbonyl (C=O) groups excluding carboxylic acids is 2. The molecule has 1 aromatic heterocycles. The van der Waals surface area contributed by atoms with Crippen LogP contribution in [-0.2, 0) is 36.7 Å². The summed E-state index contributed by atoms with van der Waals surface area (Å²) in [6.07, 6.45) is 20.9. The average molecular weight is 684 g/mol. The number of hydrogen-bond donors (Lipinski definition) is 1. The second-order valence-corrected chi connectivity index (χ2v) is 14.2. The van der Waals surface area contributed by atoms with Gasteiger partial charge in [0.2, 0.25) is 0 Å². The number of carbonyl (C=O) groups is 3. The molecule has 276 valence electrons. The number of rotatable bonds is 6. The first-order chi connectivity index (χ1) is 23.3. The molecule has 49 heavy (non-hydrogen) atoms. The van der Waals surface area contributed by atoms with E-state index in [4.69, 9.17) is 19.3 Å². The van der Waals surface area contributed by atoms with Gasteiger partial charge in [0.15, 0.2) is 0 Å². The summed E-state index contributed by atoms with van der Waals surface area (Å²) >= 11 is 0. The largest absolute Gasteiger partial charge is 0.497 e. The quantitative estimate of drug-likeness (QED) is 0.300. The zero-order chi connectivity index (χ0) is 36.8. The number of aromatic nitrogens is 1. The Hall–Kier alpha value is -3.42. The highest BCUT2D eigenvalue weighted by molar-refractivity contribution is 5.77. The maximum absolute atomic E-state index is 11.3. The van der Waals surface area contributed by atoms with Gasteiger partial charge in [0.05, 0.1) is 37.6 Å². The monoisotopic (exact) mass is 683 g/mol. The number of ether oxygens (including phenoxy) is 3. The second-order valence-electron chi connectivity index (χ2n) is 14.2. The molecule has 0 saturated heterocycles. The summed E-state index contributed by atoms with van der Waals surface area (Å²) in [6.45, 7) is 10.1. The number of nitrogens with zero attached hydrogens (tertiary/aromatic N) is 1. The van der Waals surface area contributed by atoms with Gasteiger partial charge >= 0.3 is 17.9 Å². The van der Waals surface area contributed by atoms with Gasteiger partial charge in [-0.2, -0.15) is 0 Å². The summed E-state index contributed by atoms with van der Waals surface area (Å²) in [5, 5.41) is 8.80. The molecular formula is C41H65NO7. The smallest absolute Gasteiger partial charge is 0.311 e. The van der Waals surface area contributed by atoms with E-state index in [1.54, 1.807) is 13.3 Å². The fraction of sp³-hybridized carbons (Fsp3) is 0.659. The molecule has 0 radical (unpaired) electrons. The Morgan fingerprint density at radius 1 is 0.633 bits per heavy atom. The molecule has 0 aliphatic heterocycles. The van der Waals surface area contributed by atoms with Crippen LogP contribution < -0.4 is 4.74 Å². The molecule has 3 aliphatic carbocycles. The molecule has 8 heteroatoms. The van der Waals surface area contributed by atoms with Gasteiger partial charge in [-0.1, -0.05) is 83.4 Å². The molecule has 0 bridgehead atoms. The van der Waals surface area contributed by atoms with E-state index in [9.17, 15) is 14.4 Å². The van der Waals surface area contributed by atoms with Gasteiger partial charge in [-0.15, -0.1) is 0 Å². The SMILES string of the molecule is CC1(C(=O)O)CCCCC1.CCc1ccc(OC)cc1.CCc1cccnc1.COC(=O)C1(C)CCCC1.COC(=O)C1(C)CCCCC1. The topological polar surface area (TPSA) is 112 Å². The van der Waals surface area contributed by atoms with E-state index in [1.807, 2.05) is 45.2 Å². The molecule has 1 aromatic carbocycles. The fourth-order valence-corrected chi connectivity index (χ4v) is 6.40. The highest BCUT2D eigenvalue weighted by Gasteiger charge is 2.37. The van der Waals surface area contributed by atoms with Gasteiger partial charge in [0.1, 0.15) is 5.75 Å². The molecular weight excluding hydrogens is 618 g/mol. The Labute approximate surface area is 296 Å². The first kappa shape index (κ1) is 43.6. The van der Waals surface area contributed by atoms with Crippen molar-refractivity contribution in [2.24, 2.45) is 16.2 Å². The molecule has 1 N–H and O–H groups in total. The van der Waals surface area contributed by atoms with Crippen molar-refractivity contribution in [2.45, 2.75) is 137 Å². The Morgan fingerprint density at radius 3 is 1.33 bits per heavy atom. The van der Waals surface area contributed by atoms with Crippen molar-refractivity contribution in [2.75, 3.05) is 21.3 Å². The number of carboxylic acid groups (broad SMARTS) is 1. The van der Waals surface area contributed by atoms with Crippen molar-refractivity contribution in [1.29, 1.82) is 0 Å². The minimum absolute atomic E-state index is 0.0304. The molecule has 1 heterocycles. The molecule has 0 amide bonds. The summed E-state index contributed by atoms with van der Waals surface area (Å²) in [5.41, 5.74) is 1.91. The van der Waals surface area contributed by atoms with E-state index in [1.165, 1.54) is 63.9 Å². The van der Waals surface area contributed by atoms with E-state index in [-0.39, 0.29) is 22.8 Å². The first-order valence-electron chi connectivity index (χ1n) is 18.2. The number of pyridine rings is 1. The molecule has 3 fully saturated rings. The number of aliphatic carboxylic acids is 1. The van der Waals surface area contributed by atoms with Crippen LogP contribution in [0.25, 0.3) is 0 Å². The van der Waals surface area contributed by atoms with Crippen LogP contribution in [0.1, 0.15) is 136 Å². The van der Waals surface area contributed by atoms with Crippen molar-refractivity contribution >= 4 is 17.9 Å². The number of methoxy groups -OCH3 is 3. The lowest BCUT2D eigenvalue weighted by Crippen LogP contribution is -2.31. The normalized spacial score (nSPS) is 18.0. The average Bonchev–Trinajstić information content (AvgIpc) is 3.60. The van der Waals surface area contributed by atoms with E-state index in [0.717, 1.165) is 70.0 Å². The summed E-state index contributed by atoms with van der Waals surface area (Å²) in [4.78, 5) is 37.0. The minimum atomic E-state index is -0.618. The standard InChI is InChI=1S/C9H16O2.C9H12O.2C8H14O2.C7H9N/c1-9(8(10)11-2)6-4-3-5-7-9;1-3-8-4-6-9(10-2)7-5-8;1-8(7(9)10-2)5-3-4-6-8;1-8(7(9)10)5-3-2-4-6-8;1-2-7-4-3-5-8-6-7/h3-7H2,1-2H3;4-7H,3H2,1-2H3;3-6H2,1-2H3;2-6H2,1H3,(H,9,10);3-6H,2H2,1H3. The van der Waals surface area contributed by atoms with Crippen molar-refractivity contribution in [3.05, 3.63) is 59.9 Å². The van der Waals surface area contributed by atoms with Crippen molar-refractivity contribution in [1.82, 2.24) is 4.98 Å². The predicted octanol–water partition coefficient (Wildman–Crippen LogP) is 9.81. The summed E-state index contributed by atoms with van der Waals surface area (Å²) < 4.78 is 14.5. The number of carboxylic acids is 1. The lowest BCUT2D eigenvalue weighted by atomic mass is 9.76. The first-order valence-corrected chi connectivity index (χ1v) is 18.2. The zero-order valence-electron chi connectivity index (χ0n) is 31.8. The number of hydrogen-bond acceptors (Lipinski definition) is 7. The maximum Gasteiger partial charge on any atom is 0.311 e. The highest BCUT2D eigenvalue weighted by Crippen LogP contribution is 2.38. The van der Waals surface area contributed by atoms with E-state index in [0.29, 0.717) is 0 Å². The third kappa shape index (κ3) is 15.8. The third-order valence-corrected chi connectivity index (χ3v) is 10.2.